The van der Waals surface area contributed by atoms with Gasteiger partial charge in [0.15, 0.2) is 0 Å². The van der Waals surface area contributed by atoms with E-state index in [2.05, 4.69) is 18.7 Å². The van der Waals surface area contributed by atoms with Crippen molar-refractivity contribution in [3.05, 3.63) is 12.2 Å². The van der Waals surface area contributed by atoms with Gasteiger partial charge in [-0.3, -0.25) is 0 Å². The second-order valence-corrected chi connectivity index (χ2v) is 10.6. The summed E-state index contributed by atoms with van der Waals surface area (Å²) in [5.74, 6) is 0. The lowest BCUT2D eigenvalue weighted by atomic mass is 9.88. The monoisotopic (exact) mass is 442 g/mol. The molecule has 2 nitrogen and oxygen atoms in total. The van der Waals surface area contributed by atoms with E-state index in [0.717, 1.165) is 32.1 Å². The van der Waals surface area contributed by atoms with Crippen LogP contribution in [0.5, 0.6) is 0 Å². The quantitative estimate of drug-likeness (QED) is 0.110. The van der Waals surface area contributed by atoms with Crippen LogP contribution in [0.15, 0.2) is 12.2 Å². The van der Waals surface area contributed by atoms with Gasteiger partial charge in [0, 0.05) is 6.42 Å². The maximum Gasteiger partial charge on any atom is 0.0683 e. The number of unbranched alkanes of at least 4 members (excludes halogenated alkanes) is 18. The van der Waals surface area contributed by atoms with Crippen LogP contribution in [0, 0.1) is 28.1 Å². The summed E-state index contributed by atoms with van der Waals surface area (Å²) in [5.41, 5.74) is 1.20. The summed E-state index contributed by atoms with van der Waals surface area (Å²) in [6.45, 7) is 8.29. The van der Waals surface area contributed by atoms with Crippen molar-refractivity contribution in [3.63, 3.8) is 0 Å². The third-order valence-corrected chi connectivity index (χ3v) is 6.70. The van der Waals surface area contributed by atoms with E-state index in [9.17, 15) is 0 Å². The molecule has 0 bridgehead atoms. The fourth-order valence-corrected chi connectivity index (χ4v) is 4.37. The second kappa shape index (κ2) is 22.9. The minimum atomic E-state index is -0.180. The van der Waals surface area contributed by atoms with Gasteiger partial charge in [-0.1, -0.05) is 115 Å². The number of allylic oxidation sites excluding steroid dienone is 1. The summed E-state index contributed by atoms with van der Waals surface area (Å²) in [5, 5.41) is 17.6. The number of hydrogen-bond acceptors (Lipinski definition) is 2. The fraction of sp³-hybridized carbons (Fsp3) is 0.867. The highest BCUT2D eigenvalue weighted by Gasteiger charge is 2.15. The summed E-state index contributed by atoms with van der Waals surface area (Å²) in [6.07, 6.45) is 29.7. The predicted octanol–water partition coefficient (Wildman–Crippen LogP) is 10.6. The number of hydrogen-bond donors (Lipinski definition) is 0. The van der Waals surface area contributed by atoms with Gasteiger partial charge < -0.3 is 0 Å². The molecule has 0 rings (SSSR count). The molecule has 0 N–H and O–H groups in total. The first-order valence-electron chi connectivity index (χ1n) is 14.0. The van der Waals surface area contributed by atoms with Crippen molar-refractivity contribution >= 4 is 0 Å². The van der Waals surface area contributed by atoms with E-state index in [0.29, 0.717) is 0 Å². The smallest absolute Gasteiger partial charge is 0.0683 e. The average molecular weight is 443 g/mol. The molecule has 184 valence electrons. The summed E-state index contributed by atoms with van der Waals surface area (Å²) in [4.78, 5) is 0. The number of rotatable bonds is 24. The third-order valence-electron chi connectivity index (χ3n) is 6.70. The summed E-state index contributed by atoms with van der Waals surface area (Å²) >= 11 is 0. The minimum Gasteiger partial charge on any atom is -0.198 e. The lowest BCUT2D eigenvalue weighted by Crippen LogP contribution is -2.07. The Bertz CT molecular complexity index is 506. The lowest BCUT2D eigenvalue weighted by Gasteiger charge is -2.14. The van der Waals surface area contributed by atoms with E-state index in [1.807, 2.05) is 13.8 Å². The van der Waals surface area contributed by atoms with Gasteiger partial charge in [-0.15, -0.1) is 0 Å². The Morgan fingerprint density at radius 3 is 1.28 bits per heavy atom. The fourth-order valence-electron chi connectivity index (χ4n) is 4.37. The van der Waals surface area contributed by atoms with Gasteiger partial charge in [-0.05, 0) is 52.4 Å². The van der Waals surface area contributed by atoms with Gasteiger partial charge in [-0.25, -0.2) is 0 Å². The van der Waals surface area contributed by atoms with Gasteiger partial charge in [0.25, 0.3) is 0 Å². The van der Waals surface area contributed by atoms with Gasteiger partial charge in [-0.2, -0.15) is 10.5 Å². The van der Waals surface area contributed by atoms with Crippen molar-refractivity contribution in [2.24, 2.45) is 5.41 Å². The molecule has 32 heavy (non-hydrogen) atoms. The first kappa shape index (κ1) is 30.7. The van der Waals surface area contributed by atoms with E-state index < -0.39 is 0 Å². The maximum absolute atomic E-state index is 9.06. The third kappa shape index (κ3) is 23.4. The Hall–Kier alpha value is -1.28. The highest BCUT2D eigenvalue weighted by molar-refractivity contribution is 4.96. The van der Waals surface area contributed by atoms with Crippen LogP contribution < -0.4 is 0 Å². The van der Waals surface area contributed by atoms with E-state index in [4.69, 9.17) is 10.5 Å². The molecule has 0 saturated carbocycles. The Morgan fingerprint density at radius 2 is 0.906 bits per heavy atom. The SMILES string of the molecule is C=C(CCCCCCCCCCCCCCCCCCCCC#N)CCCC(C)(C)C#N. The Morgan fingerprint density at radius 1 is 0.562 bits per heavy atom. The molecule has 0 unspecified atom stereocenters. The predicted molar refractivity (Wildman–Crippen MR) is 140 cm³/mol. The van der Waals surface area contributed by atoms with Crippen LogP contribution in [0.1, 0.15) is 162 Å². The van der Waals surface area contributed by atoms with Crippen molar-refractivity contribution < 1.29 is 0 Å². The molecular weight excluding hydrogens is 388 g/mol. The molecule has 0 aliphatic heterocycles. The zero-order valence-corrected chi connectivity index (χ0v) is 21.9. The van der Waals surface area contributed by atoms with Crippen molar-refractivity contribution in [1.82, 2.24) is 0 Å². The Balaban J connectivity index is 3.19. The topological polar surface area (TPSA) is 47.6 Å². The molecular formula is C30H54N2. The van der Waals surface area contributed by atoms with Crippen LogP contribution in [0.4, 0.5) is 0 Å². The Labute approximate surface area is 201 Å². The van der Waals surface area contributed by atoms with Crippen molar-refractivity contribution in [1.29, 1.82) is 10.5 Å². The molecule has 0 fully saturated rings. The van der Waals surface area contributed by atoms with Gasteiger partial charge in [0.1, 0.15) is 0 Å². The molecule has 0 amide bonds. The molecule has 0 aliphatic carbocycles. The van der Waals surface area contributed by atoms with Crippen LogP contribution in [-0.4, -0.2) is 0 Å². The Kier molecular flexibility index (Phi) is 22.0. The molecule has 2 heteroatoms. The zero-order valence-electron chi connectivity index (χ0n) is 21.9. The van der Waals surface area contributed by atoms with Crippen molar-refractivity contribution in [2.75, 3.05) is 0 Å². The standard InChI is InChI=1S/C30H54N2/c1-29(25-23-26-30(2,3)28-32)24-21-19-17-15-13-11-9-7-5-4-6-8-10-12-14-16-18-20-22-27-31/h1,4-26H2,2-3H3. The second-order valence-electron chi connectivity index (χ2n) is 10.6. The first-order chi connectivity index (χ1) is 15.5. The maximum atomic E-state index is 9.06. The van der Waals surface area contributed by atoms with E-state index in [1.165, 1.54) is 121 Å². The van der Waals surface area contributed by atoms with E-state index in [1.54, 1.807) is 0 Å². The molecule has 0 saturated heterocycles. The van der Waals surface area contributed by atoms with Crippen LogP contribution in [-0.2, 0) is 0 Å². The van der Waals surface area contributed by atoms with Crippen LogP contribution >= 0.6 is 0 Å². The molecule has 0 atom stereocenters. The lowest BCUT2D eigenvalue weighted by molar-refractivity contribution is 0.433. The van der Waals surface area contributed by atoms with Gasteiger partial charge in [0.05, 0.1) is 17.6 Å². The number of nitriles is 2. The van der Waals surface area contributed by atoms with Gasteiger partial charge in [0.2, 0.25) is 0 Å². The number of nitrogens with zero attached hydrogens (tertiary/aromatic N) is 2. The normalized spacial score (nSPS) is 11.2. The zero-order chi connectivity index (χ0) is 23.8. The molecule has 0 aliphatic rings. The summed E-state index contributed by atoms with van der Waals surface area (Å²) < 4.78 is 0. The van der Waals surface area contributed by atoms with E-state index >= 15 is 0 Å². The highest BCUT2D eigenvalue weighted by Crippen LogP contribution is 2.24. The van der Waals surface area contributed by atoms with Crippen molar-refractivity contribution in [3.8, 4) is 12.1 Å². The van der Waals surface area contributed by atoms with Crippen LogP contribution in [0.2, 0.25) is 0 Å². The molecule has 0 aromatic rings. The largest absolute Gasteiger partial charge is 0.198 e. The summed E-state index contributed by atoms with van der Waals surface area (Å²) in [7, 11) is 0. The average Bonchev–Trinajstić information content (AvgIpc) is 2.77. The van der Waals surface area contributed by atoms with E-state index in [-0.39, 0.29) is 5.41 Å². The molecule has 0 radical (unpaired) electrons. The molecule has 0 aromatic carbocycles. The molecule has 0 aromatic heterocycles. The molecule has 0 spiro atoms. The summed E-state index contributed by atoms with van der Waals surface area (Å²) in [6, 6.07) is 4.61. The van der Waals surface area contributed by atoms with Crippen LogP contribution in [0.3, 0.4) is 0 Å². The highest BCUT2D eigenvalue weighted by atomic mass is 14.3. The minimum absolute atomic E-state index is 0.180. The first-order valence-corrected chi connectivity index (χ1v) is 14.0. The van der Waals surface area contributed by atoms with Crippen molar-refractivity contribution in [2.45, 2.75) is 162 Å². The molecule has 0 heterocycles. The van der Waals surface area contributed by atoms with Crippen LogP contribution in [0.25, 0.3) is 0 Å². The van der Waals surface area contributed by atoms with Gasteiger partial charge >= 0.3 is 0 Å².